The van der Waals surface area contributed by atoms with E-state index >= 15 is 0 Å². The lowest BCUT2D eigenvalue weighted by Crippen LogP contribution is -2.47. The SMILES string of the molecule is CNC(=O)Nc1ccc2c(c1)CC[C@]21NC(=O)N(CC(=O)N2Cc3cc(F)ccc3OC[C@H]2C)C1=O.C[C@@H]1COc2ccc(F)cc2CN1C(=O)CN1C(=O)N[C@@]2(CCc3cc(-c4cnn(C)c4)ccc32)C1=O.C[C@@H]1COc2ccc(F)cc2CN1C(=O)CN1C(=O)O[C@@]2(CCc3cc(-c4cnn(C)c4)ccc32)C1=O.C[C@@H]1COc2ccc(F)cc2CN1C(=O)CN1C(=O)O[C@]2(CCc3cc(-c4cnn(C)c4)ccc32)C1=O.S. The molecular weight excluding hydrogens is 1940 g/mol. The molecule has 4 spiro atoms. The van der Waals surface area contributed by atoms with Crippen molar-refractivity contribution in [1.29, 1.82) is 0 Å². The Morgan fingerprint density at radius 2 is 0.662 bits per heavy atom. The van der Waals surface area contributed by atoms with Crippen LogP contribution in [-0.4, -0.2) is 230 Å². The van der Waals surface area contributed by atoms with E-state index in [1.165, 1.54) is 93.4 Å². The number of hydrogen-bond donors (Lipinski definition) is 4. The number of amides is 16. The number of aromatic nitrogens is 6. The molecule has 766 valence electrons. The third kappa shape index (κ3) is 18.5. The van der Waals surface area contributed by atoms with E-state index in [-0.39, 0.29) is 96.3 Å². The summed E-state index contributed by atoms with van der Waals surface area (Å²) in [5.74, 6) is -3.42. The van der Waals surface area contributed by atoms with E-state index in [9.17, 15) is 79.9 Å². The van der Waals surface area contributed by atoms with Crippen molar-refractivity contribution in [2.24, 2.45) is 21.1 Å². The maximum Gasteiger partial charge on any atom is 0.418 e. The van der Waals surface area contributed by atoms with E-state index in [4.69, 9.17) is 28.4 Å². The second kappa shape index (κ2) is 39.5. The van der Waals surface area contributed by atoms with Gasteiger partial charge in [-0.1, -0.05) is 60.7 Å². The summed E-state index contributed by atoms with van der Waals surface area (Å²) in [7, 11) is 7.05. The standard InChI is InChI=1S/C27H26FN5O4.2C27H25FN4O5.C25H26FN5O5.H2S/c1-16-15-37-23-6-4-21(28)10-19(23)13-32(16)24(34)14-33-25(35)27(30-26(33)36)8-7-18-9-17(3-5-22(18)27)20-11-29-31(2)12-20;2*1-16-15-36-23-6-4-21(28)10-19(23)13-31(16)24(33)14-32-25(34)27(37-26(32)35)8-7-18-9-17(3-5-22(18)27)20-11-29-30(2)12-20;1-14-13-36-20-6-3-17(26)9-16(20)11-30(14)21(32)12-31-22(33)25(29-24(31)35)8-7-15-10-18(4-5-19(15)25)28-23(34)27-2;/h3-6,9-12,16H,7-8,13-15H2,1-2H3,(H,30,36);2*3-6,9-12,16H,7-8,13-15H2,1-2H3;3-6,9-10,14H,7-8,11-13H2,1-2H3,(H,29,35)(H2,27,28,34);1H2/t16-,27-;16-,27+;16-,27-;14-,25+;/m1111./s1. The summed E-state index contributed by atoms with van der Waals surface area (Å²) in [6, 6.07) is 36.1. The van der Waals surface area contributed by atoms with Crippen LogP contribution in [0.15, 0.2) is 183 Å². The van der Waals surface area contributed by atoms with Crippen molar-refractivity contribution in [3.05, 3.63) is 273 Å². The summed E-state index contributed by atoms with van der Waals surface area (Å²) in [6.07, 6.45) is 13.0. The molecule has 8 atom stereocenters. The van der Waals surface area contributed by atoms with Gasteiger partial charge in [-0.3, -0.25) is 62.2 Å². The minimum Gasteiger partial charge on any atom is -0.491 e. The Morgan fingerprint density at radius 1 is 0.365 bits per heavy atom. The van der Waals surface area contributed by atoms with Gasteiger partial charge in [0.1, 0.15) is 110 Å². The lowest BCUT2D eigenvalue weighted by Gasteiger charge is -2.28. The van der Waals surface area contributed by atoms with Gasteiger partial charge in [0.05, 0.1) is 42.8 Å². The molecule has 4 fully saturated rings. The topological polar surface area (TPSA) is 405 Å². The number of anilines is 1. The highest BCUT2D eigenvalue weighted by atomic mass is 32.1. The molecule has 0 radical (unpaired) electrons. The molecule has 4 N–H and O–H groups in total. The summed E-state index contributed by atoms with van der Waals surface area (Å²) in [6.45, 7) is 6.75. The van der Waals surface area contributed by atoms with Crippen LogP contribution >= 0.6 is 13.5 Å². The lowest BCUT2D eigenvalue weighted by atomic mass is 9.90. The zero-order valence-electron chi connectivity index (χ0n) is 81.8. The van der Waals surface area contributed by atoms with E-state index in [2.05, 4.69) is 36.6 Å². The fourth-order valence-electron chi connectivity index (χ4n) is 21.5. The fraction of sp³-hybridized carbons (Fsp3) is 0.340. The van der Waals surface area contributed by atoms with Gasteiger partial charge in [-0.05, 0) is 201 Å². The monoisotopic (exact) mass is 2040 g/mol. The van der Waals surface area contributed by atoms with Crippen LogP contribution in [0.3, 0.4) is 0 Å². The van der Waals surface area contributed by atoms with Crippen molar-refractivity contribution in [3.63, 3.8) is 0 Å². The number of carbonyl (C=O) groups excluding carboxylic acids is 13. The van der Waals surface area contributed by atoms with Crippen molar-refractivity contribution < 1.29 is 108 Å². The van der Waals surface area contributed by atoms with Crippen molar-refractivity contribution >= 4 is 96.7 Å². The second-order valence-corrected chi connectivity index (χ2v) is 38.8. The van der Waals surface area contributed by atoms with Crippen molar-refractivity contribution in [3.8, 4) is 56.4 Å². The first-order valence-electron chi connectivity index (χ1n) is 48.2. The molecule has 0 bridgehead atoms. The average molecular weight is 2040 g/mol. The quantitative estimate of drug-likeness (QED) is 0.0652. The molecule has 8 aromatic carbocycles. The number of rotatable bonds is 12. The van der Waals surface area contributed by atoms with Crippen LogP contribution in [-0.2, 0) is 143 Å². The number of nitrogens with zero attached hydrogens (tertiary/aromatic N) is 14. The Balaban J connectivity index is 0.000000124. The Hall–Kier alpha value is -16.4. The van der Waals surface area contributed by atoms with Gasteiger partial charge in [-0.15, -0.1) is 0 Å². The largest absolute Gasteiger partial charge is 0.491 e. The van der Waals surface area contributed by atoms with E-state index in [0.717, 1.165) is 80.8 Å². The molecule has 16 amide bonds. The highest BCUT2D eigenvalue weighted by Crippen LogP contribution is 2.51. The number of ether oxygens (including phenoxy) is 6. The Kier molecular flexibility index (Phi) is 26.8. The van der Waals surface area contributed by atoms with Gasteiger partial charge in [0, 0.05) is 142 Å². The van der Waals surface area contributed by atoms with Crippen molar-refractivity contribution in [1.82, 2.24) is 84.5 Å². The summed E-state index contributed by atoms with van der Waals surface area (Å²) in [5, 5.41) is 23.5. The highest BCUT2D eigenvalue weighted by Gasteiger charge is 2.62. The number of fused-ring (bicyclic) bond motifs is 12. The first-order valence-corrected chi connectivity index (χ1v) is 48.2. The second-order valence-electron chi connectivity index (χ2n) is 38.8. The molecule has 4 saturated heterocycles. The van der Waals surface area contributed by atoms with Crippen LogP contribution in [0.1, 0.15) is 120 Å². The molecule has 4 aliphatic carbocycles. The summed E-state index contributed by atoms with van der Waals surface area (Å²) < 4.78 is 94.7. The Labute approximate surface area is 852 Å². The van der Waals surface area contributed by atoms with Crippen LogP contribution in [0.2, 0.25) is 0 Å². The van der Waals surface area contributed by atoms with Crippen molar-refractivity contribution in [2.75, 3.05) is 65.0 Å². The fourth-order valence-corrected chi connectivity index (χ4v) is 21.5. The summed E-state index contributed by atoms with van der Waals surface area (Å²) in [5.41, 5.74) is 9.56. The van der Waals surface area contributed by atoms with E-state index in [1.54, 1.807) is 77.7 Å². The molecule has 0 saturated carbocycles. The highest BCUT2D eigenvalue weighted by molar-refractivity contribution is 7.59. The van der Waals surface area contributed by atoms with Gasteiger partial charge in [0.2, 0.25) is 34.8 Å². The van der Waals surface area contributed by atoms with Crippen molar-refractivity contribution in [2.45, 2.75) is 152 Å². The van der Waals surface area contributed by atoms with Gasteiger partial charge in [-0.25, -0.2) is 51.3 Å². The molecule has 11 aromatic rings. The average Bonchev–Trinajstić information content (AvgIpc) is 1.58. The predicted octanol–water partition coefficient (Wildman–Crippen LogP) is 11.2. The first-order chi connectivity index (χ1) is 70.5. The number of hydrogen-bond acceptors (Lipinski definition) is 22. The van der Waals surface area contributed by atoms with Gasteiger partial charge >= 0.3 is 30.3 Å². The molecule has 3 aromatic heterocycles. The Morgan fingerprint density at radius 3 is 0.980 bits per heavy atom. The minimum atomic E-state index is -1.43. The number of urea groups is 3. The first kappa shape index (κ1) is 100. The normalized spacial score (nSPS) is 22.4. The van der Waals surface area contributed by atoms with E-state index < -0.39 is 143 Å². The number of nitrogens with one attached hydrogen (secondary N) is 4. The summed E-state index contributed by atoms with van der Waals surface area (Å²) in [4.78, 5) is 181. The number of benzene rings is 8. The van der Waals surface area contributed by atoms with E-state index in [1.807, 2.05) is 101 Å². The minimum absolute atomic E-state index is 0. The van der Waals surface area contributed by atoms with Crippen LogP contribution in [0, 0.1) is 23.3 Å². The van der Waals surface area contributed by atoms with Crippen LogP contribution < -0.4 is 40.2 Å². The molecule has 8 aliphatic heterocycles. The zero-order valence-corrected chi connectivity index (χ0v) is 82.8. The van der Waals surface area contributed by atoms with Crippen LogP contribution in [0.5, 0.6) is 23.0 Å². The number of imide groups is 4. The van der Waals surface area contributed by atoms with Gasteiger partial charge in [0.15, 0.2) is 0 Å². The third-order valence-electron chi connectivity index (χ3n) is 29.3. The van der Waals surface area contributed by atoms with Crippen LogP contribution in [0.4, 0.5) is 47.2 Å². The molecule has 42 heteroatoms. The Bertz CT molecular complexity index is 6830. The van der Waals surface area contributed by atoms with Gasteiger partial charge in [-0.2, -0.15) is 28.8 Å². The third-order valence-corrected chi connectivity index (χ3v) is 29.3. The molecule has 148 heavy (non-hydrogen) atoms. The number of aryl methyl sites for hydroxylation is 7. The lowest BCUT2D eigenvalue weighted by molar-refractivity contribution is -0.143. The number of halogens is 4. The molecule has 37 nitrogen and oxygen atoms in total. The maximum absolute atomic E-state index is 13.8. The van der Waals surface area contributed by atoms with Crippen LogP contribution in [0.25, 0.3) is 33.4 Å². The molecule has 11 heterocycles. The summed E-state index contributed by atoms with van der Waals surface area (Å²) >= 11 is 0. The zero-order chi connectivity index (χ0) is 103. The molecule has 0 unspecified atom stereocenters. The molecular formula is C106H104F4N18O19S. The van der Waals surface area contributed by atoms with Gasteiger partial charge in [0.25, 0.3) is 23.6 Å². The smallest absolute Gasteiger partial charge is 0.418 e. The molecule has 12 aliphatic rings. The van der Waals surface area contributed by atoms with Gasteiger partial charge < -0.3 is 69.3 Å². The van der Waals surface area contributed by atoms with E-state index in [0.29, 0.717) is 119 Å². The number of carbonyl (C=O) groups is 13. The maximum atomic E-state index is 13.8. The predicted molar refractivity (Wildman–Crippen MR) is 525 cm³/mol. The molecule has 23 rings (SSSR count).